The number of carbonyl (C=O) groups excluding carboxylic acids is 1. The average molecular weight is 461 g/mol. The van der Waals surface area contributed by atoms with Gasteiger partial charge in [-0.1, -0.05) is 24.4 Å². The van der Waals surface area contributed by atoms with Crippen LogP contribution in [0.15, 0.2) is 28.6 Å². The lowest BCUT2D eigenvalue weighted by molar-refractivity contribution is -0.130. The van der Waals surface area contributed by atoms with Crippen LogP contribution in [0.1, 0.15) is 32.6 Å². The molecule has 1 heterocycles. The Labute approximate surface area is 178 Å². The number of anilines is 2. The summed E-state index contributed by atoms with van der Waals surface area (Å²) < 4.78 is 41.9. The molecule has 7 nitrogen and oxygen atoms in total. The highest BCUT2D eigenvalue weighted by atomic mass is 35.5. The Kier molecular flexibility index (Phi) is 6.65. The predicted octanol–water partition coefficient (Wildman–Crippen LogP) is 3.94. The first kappa shape index (κ1) is 21.8. The van der Waals surface area contributed by atoms with Crippen LogP contribution < -0.4 is 10.0 Å². The number of hydrogen-bond donors (Lipinski definition) is 2. The van der Waals surface area contributed by atoms with E-state index in [-0.39, 0.29) is 28.1 Å². The first-order valence-corrected chi connectivity index (χ1v) is 11.8. The van der Waals surface area contributed by atoms with Crippen molar-refractivity contribution >= 4 is 49.7 Å². The summed E-state index contributed by atoms with van der Waals surface area (Å²) in [6.45, 7) is 1.51. The van der Waals surface area contributed by atoms with Gasteiger partial charge >= 0.3 is 0 Å². The molecular weight excluding hydrogens is 439 g/mol. The Morgan fingerprint density at radius 2 is 2.07 bits per heavy atom. The fourth-order valence-corrected chi connectivity index (χ4v) is 5.62. The molecule has 2 aromatic rings. The molecule has 1 amide bonds. The van der Waals surface area contributed by atoms with Crippen molar-refractivity contribution < 1.29 is 17.6 Å². The van der Waals surface area contributed by atoms with Gasteiger partial charge in [-0.15, -0.1) is 11.3 Å². The van der Waals surface area contributed by atoms with E-state index in [4.69, 9.17) is 11.6 Å². The maximum atomic E-state index is 14.7. The van der Waals surface area contributed by atoms with Gasteiger partial charge in [-0.25, -0.2) is 17.8 Å². The Morgan fingerprint density at radius 1 is 1.34 bits per heavy atom. The third kappa shape index (κ3) is 4.99. The van der Waals surface area contributed by atoms with Crippen molar-refractivity contribution in [2.75, 3.05) is 17.1 Å². The van der Waals surface area contributed by atoms with Gasteiger partial charge in [-0.05, 0) is 25.0 Å². The third-order valence-electron chi connectivity index (χ3n) is 5.03. The fourth-order valence-electron chi connectivity index (χ4n) is 3.47. The zero-order valence-electron chi connectivity index (χ0n) is 16.0. The van der Waals surface area contributed by atoms with Crippen LogP contribution in [-0.2, 0) is 14.8 Å². The topological polar surface area (TPSA) is 91.4 Å². The number of thiazole rings is 1. The number of amides is 1. The maximum Gasteiger partial charge on any atom is 0.266 e. The van der Waals surface area contributed by atoms with E-state index in [1.807, 2.05) is 0 Å². The summed E-state index contributed by atoms with van der Waals surface area (Å²) in [5.41, 5.74) is 0.297. The van der Waals surface area contributed by atoms with Crippen LogP contribution in [-0.4, -0.2) is 43.3 Å². The van der Waals surface area contributed by atoms with Gasteiger partial charge in [-0.2, -0.15) is 0 Å². The average Bonchev–Trinajstić information content (AvgIpc) is 3.16. The second-order valence-corrected chi connectivity index (χ2v) is 9.89. The highest BCUT2D eigenvalue weighted by Gasteiger charge is 2.31. The minimum atomic E-state index is -4.16. The molecule has 29 heavy (non-hydrogen) atoms. The molecule has 2 N–H and O–H groups in total. The smallest absolute Gasteiger partial charge is 0.266 e. The third-order valence-corrected chi connectivity index (χ3v) is 7.51. The molecule has 1 aliphatic rings. The van der Waals surface area contributed by atoms with E-state index in [1.165, 1.54) is 13.1 Å². The summed E-state index contributed by atoms with van der Waals surface area (Å²) >= 11 is 7.37. The van der Waals surface area contributed by atoms with Gasteiger partial charge in [0, 0.05) is 31.6 Å². The van der Waals surface area contributed by atoms with Crippen molar-refractivity contribution in [2.45, 2.75) is 49.6 Å². The number of halogens is 2. The number of carbonyl (C=O) groups is 1. The first-order chi connectivity index (χ1) is 13.7. The molecule has 1 aromatic heterocycles. The summed E-state index contributed by atoms with van der Waals surface area (Å²) in [5, 5.41) is 5.04. The summed E-state index contributed by atoms with van der Waals surface area (Å²) in [6, 6.07) is 2.01. The number of nitrogens with zero attached hydrogens (tertiary/aromatic N) is 2. The monoisotopic (exact) mass is 460 g/mol. The number of nitrogens with one attached hydrogen (secondary N) is 2. The van der Waals surface area contributed by atoms with Crippen molar-refractivity contribution in [3.05, 3.63) is 34.5 Å². The van der Waals surface area contributed by atoms with E-state index in [2.05, 4.69) is 15.0 Å². The largest absolute Gasteiger partial charge is 0.379 e. The molecule has 0 saturated heterocycles. The molecule has 11 heteroatoms. The van der Waals surface area contributed by atoms with Crippen LogP contribution in [0.25, 0.3) is 0 Å². The summed E-state index contributed by atoms with van der Waals surface area (Å²) in [4.78, 5) is 16.7. The SMILES string of the molecule is CC(=O)N(C)[C@H]1CCCCC1Nc1cc(F)c(S(=O)(=O)Nc2nccs2)cc1Cl. The van der Waals surface area contributed by atoms with Crippen LogP contribution >= 0.6 is 22.9 Å². The minimum absolute atomic E-state index is 0.0457. The molecular formula is C18H22ClFN4O3S2. The Balaban J connectivity index is 1.84. The molecule has 1 saturated carbocycles. The summed E-state index contributed by atoms with van der Waals surface area (Å²) in [5.74, 6) is -0.969. The van der Waals surface area contributed by atoms with Crippen LogP contribution in [0.5, 0.6) is 0 Å². The zero-order chi connectivity index (χ0) is 21.2. The van der Waals surface area contributed by atoms with Gasteiger partial charge in [0.1, 0.15) is 10.7 Å². The van der Waals surface area contributed by atoms with Crippen molar-refractivity contribution in [3.8, 4) is 0 Å². The Hall–Kier alpha value is -1.91. The molecule has 0 spiro atoms. The van der Waals surface area contributed by atoms with Crippen LogP contribution in [0.4, 0.5) is 15.2 Å². The molecule has 0 aliphatic heterocycles. The zero-order valence-corrected chi connectivity index (χ0v) is 18.4. The van der Waals surface area contributed by atoms with Crippen molar-refractivity contribution in [1.82, 2.24) is 9.88 Å². The Bertz CT molecular complexity index is 985. The number of benzene rings is 1. The summed E-state index contributed by atoms with van der Waals surface area (Å²) in [6.07, 6.45) is 5.05. The Morgan fingerprint density at radius 3 is 2.72 bits per heavy atom. The molecule has 0 radical (unpaired) electrons. The maximum absolute atomic E-state index is 14.7. The van der Waals surface area contributed by atoms with Crippen molar-refractivity contribution in [1.29, 1.82) is 0 Å². The lowest BCUT2D eigenvalue weighted by Crippen LogP contribution is -2.48. The molecule has 1 aliphatic carbocycles. The van der Waals surface area contributed by atoms with Gasteiger partial charge in [0.25, 0.3) is 10.0 Å². The van der Waals surface area contributed by atoms with Crippen molar-refractivity contribution in [2.24, 2.45) is 0 Å². The lowest BCUT2D eigenvalue weighted by Gasteiger charge is -2.38. The molecule has 158 valence electrons. The standard InChI is InChI=1S/C18H22ClFN4O3S2/c1-11(25)24(2)16-6-4-3-5-14(16)22-15-10-13(20)17(9-12(15)19)29(26,27)23-18-21-7-8-28-18/h7-10,14,16,22H,3-6H2,1-2H3,(H,21,23)/t14?,16-/m0/s1. The normalized spacial score (nSPS) is 19.6. The molecule has 1 unspecified atom stereocenters. The minimum Gasteiger partial charge on any atom is -0.379 e. The number of aromatic nitrogens is 1. The first-order valence-electron chi connectivity index (χ1n) is 9.10. The number of hydrogen-bond acceptors (Lipinski definition) is 6. The van der Waals surface area contributed by atoms with Gasteiger partial charge in [0.15, 0.2) is 5.13 Å². The van der Waals surface area contributed by atoms with E-state index >= 15 is 0 Å². The van der Waals surface area contributed by atoms with E-state index in [1.54, 1.807) is 17.3 Å². The quantitative estimate of drug-likeness (QED) is 0.681. The van der Waals surface area contributed by atoms with E-state index in [0.717, 1.165) is 49.2 Å². The van der Waals surface area contributed by atoms with Crippen LogP contribution in [0, 0.1) is 5.82 Å². The highest BCUT2D eigenvalue weighted by molar-refractivity contribution is 7.93. The van der Waals surface area contributed by atoms with Crippen molar-refractivity contribution in [3.63, 3.8) is 0 Å². The van der Waals surface area contributed by atoms with E-state index < -0.39 is 20.7 Å². The van der Waals surface area contributed by atoms with Gasteiger partial charge < -0.3 is 10.2 Å². The number of rotatable bonds is 6. The second kappa shape index (κ2) is 8.85. The lowest BCUT2D eigenvalue weighted by atomic mass is 9.89. The molecule has 3 rings (SSSR count). The van der Waals surface area contributed by atoms with Crippen LogP contribution in [0.2, 0.25) is 5.02 Å². The van der Waals surface area contributed by atoms with Crippen LogP contribution in [0.3, 0.4) is 0 Å². The van der Waals surface area contributed by atoms with Gasteiger partial charge in [0.05, 0.1) is 16.8 Å². The predicted molar refractivity (Wildman–Crippen MR) is 112 cm³/mol. The number of likely N-dealkylation sites (N-methyl/N-ethyl adjacent to an activating group) is 1. The van der Waals surface area contributed by atoms with E-state index in [9.17, 15) is 17.6 Å². The molecule has 2 atom stereocenters. The highest BCUT2D eigenvalue weighted by Crippen LogP contribution is 2.32. The summed E-state index contributed by atoms with van der Waals surface area (Å²) in [7, 11) is -2.42. The second-order valence-electron chi connectivity index (χ2n) is 6.94. The van der Waals surface area contributed by atoms with Gasteiger partial charge in [0.2, 0.25) is 5.91 Å². The van der Waals surface area contributed by atoms with E-state index in [0.29, 0.717) is 5.69 Å². The molecule has 1 aromatic carbocycles. The fraction of sp³-hybridized carbons (Fsp3) is 0.444. The number of sulfonamides is 1. The van der Waals surface area contributed by atoms with Gasteiger partial charge in [-0.3, -0.25) is 9.52 Å². The molecule has 1 fully saturated rings. The molecule has 0 bridgehead atoms.